The molecule has 37 heavy (non-hydrogen) atoms. The van der Waals surface area contributed by atoms with E-state index in [2.05, 4.69) is 5.10 Å². The van der Waals surface area contributed by atoms with E-state index in [1.807, 2.05) is 6.07 Å². The van der Waals surface area contributed by atoms with Crippen molar-refractivity contribution in [2.24, 2.45) is 0 Å². The van der Waals surface area contributed by atoms with Crippen LogP contribution in [0.1, 0.15) is 22.3 Å². The van der Waals surface area contributed by atoms with E-state index in [1.54, 1.807) is 24.3 Å². The van der Waals surface area contributed by atoms with Crippen molar-refractivity contribution in [1.82, 2.24) is 9.78 Å². The van der Waals surface area contributed by atoms with Crippen LogP contribution in [0.25, 0.3) is 22.2 Å². The molecule has 2 nitrogen and oxygen atoms in total. The smallest absolute Gasteiger partial charge is 0.259 e. The second-order valence-electron chi connectivity index (χ2n) is 8.55. The standard InChI is InChI=1S/C28H17Cl2F5N2/c29-20-8-7-18(25(32)14-20)15-37-27(22-5-2-6-23(26(22)36-37)28(33,34)35)17-4-1-3-16(11-17)12-19-13-21(31)9-10-24(19)30/h1-11,13-14H,12,15H2. The summed E-state index contributed by atoms with van der Waals surface area (Å²) in [6.45, 7) is -0.121. The molecule has 0 aliphatic carbocycles. The average molecular weight is 547 g/mol. The van der Waals surface area contributed by atoms with Crippen molar-refractivity contribution in [2.45, 2.75) is 19.1 Å². The van der Waals surface area contributed by atoms with Gasteiger partial charge < -0.3 is 0 Å². The van der Waals surface area contributed by atoms with Gasteiger partial charge in [0.1, 0.15) is 17.2 Å². The molecule has 0 fully saturated rings. The molecule has 188 valence electrons. The third kappa shape index (κ3) is 5.20. The molecule has 0 radical (unpaired) electrons. The summed E-state index contributed by atoms with van der Waals surface area (Å²) in [6.07, 6.45) is -4.33. The van der Waals surface area contributed by atoms with E-state index in [1.165, 1.54) is 41.1 Å². The Labute approximate surface area is 218 Å². The second-order valence-corrected chi connectivity index (χ2v) is 9.40. The van der Waals surface area contributed by atoms with Crippen LogP contribution in [0.3, 0.4) is 0 Å². The topological polar surface area (TPSA) is 17.8 Å². The molecule has 1 heterocycles. The number of fused-ring (bicyclic) bond motifs is 1. The van der Waals surface area contributed by atoms with E-state index in [9.17, 15) is 22.0 Å². The van der Waals surface area contributed by atoms with Crippen LogP contribution in [0.2, 0.25) is 10.0 Å². The summed E-state index contributed by atoms with van der Waals surface area (Å²) < 4.78 is 71.2. The lowest BCUT2D eigenvalue weighted by Gasteiger charge is -2.11. The second kappa shape index (κ2) is 9.80. The highest BCUT2D eigenvalue weighted by molar-refractivity contribution is 6.31. The first-order valence-electron chi connectivity index (χ1n) is 11.1. The summed E-state index contributed by atoms with van der Waals surface area (Å²) in [7, 11) is 0. The van der Waals surface area contributed by atoms with Gasteiger partial charge in [0.05, 0.1) is 17.8 Å². The van der Waals surface area contributed by atoms with Crippen molar-refractivity contribution < 1.29 is 22.0 Å². The van der Waals surface area contributed by atoms with Crippen LogP contribution in [-0.2, 0) is 19.1 Å². The summed E-state index contributed by atoms with van der Waals surface area (Å²) in [6, 6.07) is 19.1. The molecule has 0 aliphatic heterocycles. The maximum Gasteiger partial charge on any atom is 0.418 e. The number of benzene rings is 4. The molecule has 0 N–H and O–H groups in total. The summed E-state index contributed by atoms with van der Waals surface area (Å²) in [5.41, 5.74) is 1.39. The van der Waals surface area contributed by atoms with E-state index < -0.39 is 23.4 Å². The third-order valence-electron chi connectivity index (χ3n) is 6.01. The van der Waals surface area contributed by atoms with E-state index in [-0.39, 0.29) is 28.0 Å². The SMILES string of the molecule is Fc1ccc(Cl)c(Cc2cccc(-c3c4cccc(C(F)(F)F)c4nn3Cc3ccc(Cl)cc3F)c2)c1. The molecule has 0 aliphatic rings. The zero-order valence-corrected chi connectivity index (χ0v) is 20.5. The normalized spacial score (nSPS) is 11.9. The van der Waals surface area contributed by atoms with Crippen molar-refractivity contribution in [3.05, 3.63) is 123 Å². The predicted octanol–water partition coefficient (Wildman–Crippen LogP) is 8.95. The number of halogens is 7. The van der Waals surface area contributed by atoms with Gasteiger partial charge in [-0.1, -0.05) is 59.6 Å². The maximum absolute atomic E-state index is 14.6. The molecule has 0 unspecified atom stereocenters. The first-order chi connectivity index (χ1) is 17.6. The number of nitrogens with zero attached hydrogens (tertiary/aromatic N) is 2. The lowest BCUT2D eigenvalue weighted by Crippen LogP contribution is -2.07. The summed E-state index contributed by atoms with van der Waals surface area (Å²) >= 11 is 12.1. The Balaban J connectivity index is 1.67. The Bertz CT molecular complexity index is 1630. The highest BCUT2D eigenvalue weighted by Gasteiger charge is 2.34. The number of alkyl halides is 3. The van der Waals surface area contributed by atoms with Crippen LogP contribution in [-0.4, -0.2) is 9.78 Å². The third-order valence-corrected chi connectivity index (χ3v) is 6.62. The minimum absolute atomic E-state index is 0.121. The van der Waals surface area contributed by atoms with Crippen LogP contribution in [0.4, 0.5) is 22.0 Å². The molecule has 5 aromatic rings. The number of hydrogen-bond donors (Lipinski definition) is 0. The van der Waals surface area contributed by atoms with Gasteiger partial charge in [-0.3, -0.25) is 4.68 Å². The van der Waals surface area contributed by atoms with Gasteiger partial charge in [0, 0.05) is 26.6 Å². The van der Waals surface area contributed by atoms with E-state index in [4.69, 9.17) is 23.2 Å². The molecule has 0 amide bonds. The van der Waals surface area contributed by atoms with Gasteiger partial charge >= 0.3 is 6.18 Å². The van der Waals surface area contributed by atoms with Gasteiger partial charge in [-0.05, 0) is 60.0 Å². The van der Waals surface area contributed by atoms with Gasteiger partial charge in [-0.2, -0.15) is 18.3 Å². The molecule has 4 aromatic carbocycles. The Morgan fingerprint density at radius 3 is 2.35 bits per heavy atom. The van der Waals surface area contributed by atoms with Gasteiger partial charge in [0.25, 0.3) is 0 Å². The highest BCUT2D eigenvalue weighted by atomic mass is 35.5. The number of aromatic nitrogens is 2. The number of hydrogen-bond acceptors (Lipinski definition) is 1. The fourth-order valence-electron chi connectivity index (χ4n) is 4.34. The van der Waals surface area contributed by atoms with Gasteiger partial charge in [-0.15, -0.1) is 0 Å². The Morgan fingerprint density at radius 2 is 1.59 bits per heavy atom. The molecule has 0 spiro atoms. The van der Waals surface area contributed by atoms with Crippen molar-refractivity contribution in [2.75, 3.05) is 0 Å². The van der Waals surface area contributed by atoms with Crippen LogP contribution in [0.5, 0.6) is 0 Å². The van der Waals surface area contributed by atoms with Crippen LogP contribution >= 0.6 is 23.2 Å². The molecule has 5 rings (SSSR count). The fourth-order valence-corrected chi connectivity index (χ4v) is 4.68. The molecule has 0 atom stereocenters. The van der Waals surface area contributed by atoms with Crippen molar-refractivity contribution in [1.29, 1.82) is 0 Å². The Hall–Kier alpha value is -3.42. The first-order valence-corrected chi connectivity index (χ1v) is 11.9. The van der Waals surface area contributed by atoms with Gasteiger partial charge in [0.15, 0.2) is 0 Å². The zero-order chi connectivity index (χ0) is 26.3. The molecular weight excluding hydrogens is 530 g/mol. The average Bonchev–Trinajstić information content (AvgIpc) is 3.20. The van der Waals surface area contributed by atoms with E-state index in [0.29, 0.717) is 28.3 Å². The van der Waals surface area contributed by atoms with E-state index >= 15 is 0 Å². The molecular formula is C28H17Cl2F5N2. The maximum atomic E-state index is 14.6. The molecule has 1 aromatic heterocycles. The summed E-state index contributed by atoms with van der Waals surface area (Å²) in [5, 5.41) is 5.15. The monoisotopic (exact) mass is 546 g/mol. The predicted molar refractivity (Wildman–Crippen MR) is 135 cm³/mol. The van der Waals surface area contributed by atoms with Crippen molar-refractivity contribution in [3.8, 4) is 11.3 Å². The Morgan fingerprint density at radius 1 is 0.811 bits per heavy atom. The van der Waals surface area contributed by atoms with Gasteiger partial charge in [-0.25, -0.2) is 8.78 Å². The zero-order valence-electron chi connectivity index (χ0n) is 19.0. The lowest BCUT2D eigenvalue weighted by atomic mass is 9.99. The quantitative estimate of drug-likeness (QED) is 0.201. The fraction of sp³-hybridized carbons (Fsp3) is 0.107. The molecule has 0 bridgehead atoms. The van der Waals surface area contributed by atoms with Crippen LogP contribution < -0.4 is 0 Å². The Kier molecular flexibility index (Phi) is 6.68. The van der Waals surface area contributed by atoms with Gasteiger partial charge in [0.2, 0.25) is 0 Å². The van der Waals surface area contributed by atoms with Crippen molar-refractivity contribution in [3.63, 3.8) is 0 Å². The van der Waals surface area contributed by atoms with Crippen molar-refractivity contribution >= 4 is 34.1 Å². The lowest BCUT2D eigenvalue weighted by molar-refractivity contribution is -0.136. The minimum Gasteiger partial charge on any atom is -0.259 e. The molecule has 9 heteroatoms. The molecule has 0 saturated heterocycles. The van der Waals surface area contributed by atoms with E-state index in [0.717, 1.165) is 17.7 Å². The largest absolute Gasteiger partial charge is 0.418 e. The summed E-state index contributed by atoms with van der Waals surface area (Å²) in [4.78, 5) is 0. The highest BCUT2D eigenvalue weighted by Crippen LogP contribution is 2.38. The summed E-state index contributed by atoms with van der Waals surface area (Å²) in [5.74, 6) is -1.02. The molecule has 0 saturated carbocycles. The van der Waals surface area contributed by atoms with Crippen LogP contribution in [0.15, 0.2) is 78.9 Å². The minimum atomic E-state index is -4.63. The van der Waals surface area contributed by atoms with Crippen LogP contribution in [0, 0.1) is 11.6 Å². The first kappa shape index (κ1) is 25.2. The number of rotatable bonds is 5.